The van der Waals surface area contributed by atoms with Gasteiger partial charge in [0, 0.05) is 19.1 Å². The summed E-state index contributed by atoms with van der Waals surface area (Å²) in [5.41, 5.74) is 6.09. The van der Waals surface area contributed by atoms with E-state index in [-0.39, 0.29) is 12.4 Å². The van der Waals surface area contributed by atoms with Gasteiger partial charge in [-0.25, -0.2) is 0 Å². The molecular formula is C14H27ClN2OS. The summed E-state index contributed by atoms with van der Waals surface area (Å²) in [4.78, 5) is 14.1. The summed E-state index contributed by atoms with van der Waals surface area (Å²) in [6.45, 7) is 6.33. The molecule has 0 spiro atoms. The van der Waals surface area contributed by atoms with Crippen LogP contribution < -0.4 is 5.73 Å². The fraction of sp³-hybridized carbons (Fsp3) is 0.929. The Hall–Kier alpha value is 0.0700. The zero-order valence-electron chi connectivity index (χ0n) is 12.0. The lowest BCUT2D eigenvalue weighted by molar-refractivity contribution is -0.127. The molecule has 3 atom stereocenters. The molecule has 19 heavy (non-hydrogen) atoms. The Balaban J connectivity index is 0.00000180. The van der Waals surface area contributed by atoms with Crippen LogP contribution in [0.3, 0.4) is 0 Å². The monoisotopic (exact) mass is 306 g/mol. The molecule has 5 heteroatoms. The van der Waals surface area contributed by atoms with E-state index in [0.717, 1.165) is 31.2 Å². The van der Waals surface area contributed by atoms with Gasteiger partial charge in [0.1, 0.15) is 0 Å². The number of likely N-dealkylation sites (tertiary alicyclic amines) is 1. The summed E-state index contributed by atoms with van der Waals surface area (Å²) in [5, 5.41) is 0. The first-order chi connectivity index (χ1) is 8.58. The number of amides is 1. The van der Waals surface area contributed by atoms with Gasteiger partial charge in [-0.05, 0) is 42.8 Å². The van der Waals surface area contributed by atoms with Gasteiger partial charge in [0.15, 0.2) is 0 Å². The van der Waals surface area contributed by atoms with E-state index in [4.69, 9.17) is 5.73 Å². The third-order valence-corrected chi connectivity index (χ3v) is 5.31. The van der Waals surface area contributed by atoms with Gasteiger partial charge in [-0.1, -0.05) is 13.8 Å². The van der Waals surface area contributed by atoms with Crippen molar-refractivity contribution in [2.45, 2.75) is 39.2 Å². The van der Waals surface area contributed by atoms with E-state index in [0.29, 0.717) is 29.5 Å². The highest BCUT2D eigenvalue weighted by Gasteiger charge is 2.42. The molecule has 0 radical (unpaired) electrons. The van der Waals surface area contributed by atoms with Crippen molar-refractivity contribution in [3.63, 3.8) is 0 Å². The van der Waals surface area contributed by atoms with Crippen molar-refractivity contribution in [2.75, 3.05) is 24.6 Å². The SMILES string of the molecule is CC(C)CCSCC(=O)N1CC2CCC(N)C2C1.Cl. The van der Waals surface area contributed by atoms with Gasteiger partial charge < -0.3 is 10.6 Å². The molecule has 0 bridgehead atoms. The van der Waals surface area contributed by atoms with E-state index in [1.165, 1.54) is 12.8 Å². The molecule has 3 unspecified atom stereocenters. The Morgan fingerprint density at radius 3 is 2.74 bits per heavy atom. The third-order valence-electron chi connectivity index (χ3n) is 4.33. The first kappa shape index (κ1) is 17.1. The number of carbonyl (C=O) groups is 1. The molecule has 1 saturated heterocycles. The smallest absolute Gasteiger partial charge is 0.232 e. The zero-order valence-corrected chi connectivity index (χ0v) is 13.6. The molecule has 1 aliphatic carbocycles. The summed E-state index contributed by atoms with van der Waals surface area (Å²) >= 11 is 1.78. The second kappa shape index (κ2) is 7.75. The molecule has 1 saturated carbocycles. The van der Waals surface area contributed by atoms with E-state index in [1.54, 1.807) is 11.8 Å². The van der Waals surface area contributed by atoms with Crippen molar-refractivity contribution in [2.24, 2.45) is 23.5 Å². The van der Waals surface area contributed by atoms with Gasteiger partial charge in [-0.3, -0.25) is 4.79 Å². The predicted molar refractivity (Wildman–Crippen MR) is 84.8 cm³/mol. The highest BCUT2D eigenvalue weighted by molar-refractivity contribution is 7.99. The molecular weight excluding hydrogens is 280 g/mol. The largest absolute Gasteiger partial charge is 0.341 e. The number of thioether (sulfide) groups is 1. The maximum atomic E-state index is 12.1. The highest BCUT2D eigenvalue weighted by atomic mass is 35.5. The highest BCUT2D eigenvalue weighted by Crippen LogP contribution is 2.37. The molecule has 1 amide bonds. The Kier molecular flexibility index (Phi) is 6.98. The molecule has 2 fully saturated rings. The van der Waals surface area contributed by atoms with Crippen LogP contribution in [0.4, 0.5) is 0 Å². The number of hydrogen-bond donors (Lipinski definition) is 1. The van der Waals surface area contributed by atoms with E-state index < -0.39 is 0 Å². The Labute approximate surface area is 127 Å². The van der Waals surface area contributed by atoms with Crippen molar-refractivity contribution in [1.29, 1.82) is 0 Å². The predicted octanol–water partition coefficient (Wildman–Crippen LogP) is 2.38. The molecule has 2 rings (SSSR count). The zero-order chi connectivity index (χ0) is 13.1. The number of carbonyl (C=O) groups excluding carboxylic acids is 1. The average Bonchev–Trinajstić information content (AvgIpc) is 2.87. The third kappa shape index (κ3) is 4.54. The van der Waals surface area contributed by atoms with E-state index in [1.807, 2.05) is 0 Å². The maximum Gasteiger partial charge on any atom is 0.232 e. The van der Waals surface area contributed by atoms with E-state index in [2.05, 4.69) is 18.7 Å². The molecule has 0 aromatic heterocycles. The number of rotatable bonds is 5. The molecule has 1 heterocycles. The second-order valence-electron chi connectivity index (χ2n) is 6.20. The molecule has 0 aromatic carbocycles. The van der Waals surface area contributed by atoms with Crippen LogP contribution in [0.25, 0.3) is 0 Å². The van der Waals surface area contributed by atoms with Crippen LogP contribution in [-0.2, 0) is 4.79 Å². The van der Waals surface area contributed by atoms with Gasteiger partial charge in [0.05, 0.1) is 5.75 Å². The summed E-state index contributed by atoms with van der Waals surface area (Å²) in [6, 6.07) is 0.335. The van der Waals surface area contributed by atoms with Crippen LogP contribution in [0, 0.1) is 17.8 Å². The van der Waals surface area contributed by atoms with Crippen molar-refractivity contribution in [3.05, 3.63) is 0 Å². The summed E-state index contributed by atoms with van der Waals surface area (Å²) in [5.74, 6) is 4.08. The van der Waals surface area contributed by atoms with Crippen molar-refractivity contribution < 1.29 is 4.79 Å². The number of nitrogens with two attached hydrogens (primary N) is 1. The minimum Gasteiger partial charge on any atom is -0.341 e. The summed E-state index contributed by atoms with van der Waals surface area (Å²) < 4.78 is 0. The van der Waals surface area contributed by atoms with Gasteiger partial charge in [0.2, 0.25) is 5.91 Å². The van der Waals surface area contributed by atoms with Crippen LogP contribution in [-0.4, -0.2) is 41.4 Å². The van der Waals surface area contributed by atoms with Crippen LogP contribution in [0.5, 0.6) is 0 Å². The summed E-state index contributed by atoms with van der Waals surface area (Å²) in [7, 11) is 0. The number of halogens is 1. The summed E-state index contributed by atoms with van der Waals surface area (Å²) in [6.07, 6.45) is 3.57. The molecule has 0 aromatic rings. The van der Waals surface area contributed by atoms with Gasteiger partial charge in [0.25, 0.3) is 0 Å². The second-order valence-corrected chi connectivity index (χ2v) is 7.30. The molecule has 3 nitrogen and oxygen atoms in total. The topological polar surface area (TPSA) is 46.3 Å². The van der Waals surface area contributed by atoms with Crippen LogP contribution in [0.15, 0.2) is 0 Å². The number of hydrogen-bond acceptors (Lipinski definition) is 3. The molecule has 2 aliphatic rings. The Morgan fingerprint density at radius 2 is 2.11 bits per heavy atom. The minimum atomic E-state index is 0. The molecule has 2 N–H and O–H groups in total. The lowest BCUT2D eigenvalue weighted by atomic mass is 9.98. The van der Waals surface area contributed by atoms with Gasteiger partial charge in [-0.15, -0.1) is 12.4 Å². The average molecular weight is 307 g/mol. The standard InChI is InChI=1S/C14H26N2OS.ClH/c1-10(2)5-6-18-9-14(17)16-7-11-3-4-13(15)12(11)8-16;/h10-13H,3-9,15H2,1-2H3;1H. The number of nitrogens with zero attached hydrogens (tertiary/aromatic N) is 1. The molecule has 1 aliphatic heterocycles. The molecule has 112 valence electrons. The first-order valence-corrected chi connectivity index (χ1v) is 8.34. The van der Waals surface area contributed by atoms with Crippen molar-refractivity contribution >= 4 is 30.1 Å². The number of fused-ring (bicyclic) bond motifs is 1. The first-order valence-electron chi connectivity index (χ1n) is 7.19. The minimum absolute atomic E-state index is 0. The normalized spacial score (nSPS) is 29.5. The van der Waals surface area contributed by atoms with Crippen LogP contribution in [0.2, 0.25) is 0 Å². The van der Waals surface area contributed by atoms with Crippen molar-refractivity contribution in [3.8, 4) is 0 Å². The van der Waals surface area contributed by atoms with Gasteiger partial charge in [-0.2, -0.15) is 11.8 Å². The maximum absolute atomic E-state index is 12.1. The lowest BCUT2D eigenvalue weighted by Gasteiger charge is -2.18. The van der Waals surface area contributed by atoms with E-state index in [9.17, 15) is 4.79 Å². The van der Waals surface area contributed by atoms with Crippen LogP contribution in [0.1, 0.15) is 33.1 Å². The lowest BCUT2D eigenvalue weighted by Crippen LogP contribution is -2.34. The fourth-order valence-electron chi connectivity index (χ4n) is 3.08. The quantitative estimate of drug-likeness (QED) is 0.793. The van der Waals surface area contributed by atoms with Crippen LogP contribution >= 0.6 is 24.2 Å². The Bertz CT molecular complexity index is 301. The van der Waals surface area contributed by atoms with E-state index >= 15 is 0 Å². The van der Waals surface area contributed by atoms with Crippen molar-refractivity contribution in [1.82, 2.24) is 4.90 Å². The van der Waals surface area contributed by atoms with Gasteiger partial charge >= 0.3 is 0 Å². The Morgan fingerprint density at radius 1 is 1.37 bits per heavy atom. The fourth-order valence-corrected chi connectivity index (χ4v) is 4.22.